The molecule has 0 amide bonds. The maximum Gasteiger partial charge on any atom is 0.435 e. The van der Waals surface area contributed by atoms with Crippen LogP contribution in [0.5, 0.6) is 5.75 Å². The number of ketones is 1. The third-order valence-electron chi connectivity index (χ3n) is 9.13. The number of aliphatic hydroxyl groups is 1. The molecule has 0 fully saturated rings. The molecule has 0 radical (unpaired) electrons. The van der Waals surface area contributed by atoms with Crippen LogP contribution >= 0.6 is 22.7 Å². The van der Waals surface area contributed by atoms with Crippen molar-refractivity contribution in [2.75, 3.05) is 11.4 Å². The molecule has 10 heteroatoms. The highest BCUT2D eigenvalue weighted by Crippen LogP contribution is 2.41. The smallest absolute Gasteiger partial charge is 0.435 e. The second kappa shape index (κ2) is 12.9. The van der Waals surface area contributed by atoms with Gasteiger partial charge in [-0.3, -0.25) is 19.0 Å². The van der Waals surface area contributed by atoms with Gasteiger partial charge < -0.3 is 14.7 Å². The zero-order chi connectivity index (χ0) is 34.5. The summed E-state index contributed by atoms with van der Waals surface area (Å²) in [6.45, 7) is 5.70. The van der Waals surface area contributed by atoms with Crippen LogP contribution in [0.3, 0.4) is 0 Å². The summed E-state index contributed by atoms with van der Waals surface area (Å²) in [7, 11) is 0. The standard InChI is InChI=1S/C40H32N2O6S2/c1-3-5-19-41-25-11-7-9-13-27(25)47-33(41)21-23-37(43)35(38(23)44)31-17-15-29(49-31)30-16-18-32(50-30)36-39(45)24(40(36)46)22-34-42(20-6-4-2)26-12-8-10-14-28(26)48-34/h7-18,21-22H,3-6,19-20H2,1-2H3/p+1. The summed E-state index contributed by atoms with van der Waals surface area (Å²) in [5.74, 6) is 1.44. The number of unbranched alkanes of at least 4 members (excludes halogenated alkanes) is 2. The monoisotopic (exact) mass is 701 g/mol. The van der Waals surface area contributed by atoms with Crippen molar-refractivity contribution in [3.05, 3.63) is 151 Å². The van der Waals surface area contributed by atoms with Crippen LogP contribution in [-0.2, 0) is 11.3 Å². The number of aryl methyl sites for hydroxylation is 1. The van der Waals surface area contributed by atoms with E-state index in [4.69, 9.17) is 9.15 Å². The number of allylic oxidation sites excluding steroid dienone is 3. The van der Waals surface area contributed by atoms with Crippen molar-refractivity contribution in [1.29, 1.82) is 0 Å². The minimum Gasteiger partial charge on any atom is -0.506 e. The topological polar surface area (TPSA) is 100 Å². The van der Waals surface area contributed by atoms with Crippen LogP contribution in [0, 0.1) is 18.8 Å². The first kappa shape index (κ1) is 31.9. The van der Waals surface area contributed by atoms with Crippen molar-refractivity contribution in [3.8, 4) is 5.75 Å². The predicted molar refractivity (Wildman–Crippen MR) is 197 cm³/mol. The highest BCUT2D eigenvalue weighted by Gasteiger charge is 2.36. The number of thiophene rings is 2. The average Bonchev–Trinajstić information content (AvgIpc) is 3.93. The van der Waals surface area contributed by atoms with E-state index in [2.05, 4.69) is 13.8 Å². The molecule has 0 unspecified atom stereocenters. The molecule has 2 aliphatic rings. The first-order chi connectivity index (χ1) is 24.4. The third kappa shape index (κ3) is 5.26. The van der Waals surface area contributed by atoms with Crippen molar-refractivity contribution in [1.82, 2.24) is 4.57 Å². The molecular formula is C40H33N2O6S2+. The van der Waals surface area contributed by atoms with Crippen LogP contribution in [0.15, 0.2) is 110 Å². The molecule has 0 atom stereocenters. The van der Waals surface area contributed by atoms with Gasteiger partial charge >= 0.3 is 11.5 Å². The number of ether oxygens (including phenoxy) is 1. The Morgan fingerprint density at radius 1 is 0.780 bits per heavy atom. The molecule has 0 saturated heterocycles. The molecule has 1 aliphatic carbocycles. The largest absolute Gasteiger partial charge is 0.506 e. The molecule has 8 rings (SSSR count). The number of Topliss-reactive ketones (excluding diaryl/α,β-unsaturated/α-hetero) is 1. The summed E-state index contributed by atoms with van der Waals surface area (Å²) in [5, 5.41) is 11.3. The minimum absolute atomic E-state index is 0.0567. The Hall–Kier alpha value is -5.32. The molecule has 0 saturated carbocycles. The number of para-hydroxylation sites is 4. The lowest BCUT2D eigenvalue weighted by Crippen LogP contribution is -2.49. The molecule has 3 aromatic heterocycles. The Morgan fingerprint density at radius 2 is 1.44 bits per heavy atom. The second-order valence-electron chi connectivity index (χ2n) is 12.4. The number of aliphatic hydroxyl groups excluding tert-OH is 1. The Balaban J connectivity index is 1.15. The van der Waals surface area contributed by atoms with Crippen LogP contribution in [0.1, 0.15) is 45.4 Å². The molecule has 3 aromatic carbocycles. The molecule has 250 valence electrons. The summed E-state index contributed by atoms with van der Waals surface area (Å²) in [6, 6.07) is 22.8. The van der Waals surface area contributed by atoms with Crippen LogP contribution in [-0.4, -0.2) is 22.0 Å². The molecule has 8 nitrogen and oxygen atoms in total. The van der Waals surface area contributed by atoms with Crippen LogP contribution < -0.4 is 30.2 Å². The first-order valence-electron chi connectivity index (χ1n) is 16.8. The van der Waals surface area contributed by atoms with E-state index in [-0.39, 0.29) is 44.0 Å². The molecule has 1 N–H and O–H groups in total. The molecule has 6 aromatic rings. The highest BCUT2D eigenvalue weighted by atomic mass is 32.1. The van der Waals surface area contributed by atoms with Gasteiger partial charge in [0, 0.05) is 43.4 Å². The third-order valence-corrected chi connectivity index (χ3v) is 11.5. The van der Waals surface area contributed by atoms with E-state index < -0.39 is 0 Å². The molecule has 50 heavy (non-hydrogen) atoms. The van der Waals surface area contributed by atoms with Gasteiger partial charge in [-0.1, -0.05) is 51.0 Å². The Labute approximate surface area is 293 Å². The fraction of sp³-hybridized carbons (Fsp3) is 0.200. The van der Waals surface area contributed by atoms with Gasteiger partial charge in [-0.05, 0) is 55.3 Å². The van der Waals surface area contributed by atoms with Gasteiger partial charge in [-0.25, -0.2) is 0 Å². The molecule has 1 aliphatic heterocycles. The predicted octanol–water partition coefficient (Wildman–Crippen LogP) is 6.52. The van der Waals surface area contributed by atoms with Gasteiger partial charge in [0.2, 0.25) is 22.5 Å². The van der Waals surface area contributed by atoms with Crippen molar-refractivity contribution in [2.24, 2.45) is 0 Å². The number of aromatic nitrogens is 1. The van der Waals surface area contributed by atoms with E-state index in [1.165, 1.54) is 22.7 Å². The number of hydrogen-bond acceptors (Lipinski definition) is 8. The summed E-state index contributed by atoms with van der Waals surface area (Å²) >= 11 is 2.73. The van der Waals surface area contributed by atoms with Crippen molar-refractivity contribution < 1.29 is 19.1 Å². The van der Waals surface area contributed by atoms with Gasteiger partial charge in [0.1, 0.15) is 5.76 Å². The maximum atomic E-state index is 13.3. The molecule has 4 heterocycles. The lowest BCUT2D eigenvalue weighted by Gasteiger charge is -2.21. The van der Waals surface area contributed by atoms with Gasteiger partial charge in [-0.2, -0.15) is 4.42 Å². The van der Waals surface area contributed by atoms with Crippen molar-refractivity contribution in [3.63, 3.8) is 0 Å². The molecule has 0 spiro atoms. The molecule has 0 bridgehead atoms. The Bertz CT molecular complexity index is 2780. The number of nitrogens with zero attached hydrogens (tertiary/aromatic N) is 2. The number of benzene rings is 2. The SMILES string of the molecule is CCCCN1C(=CC2=C(O)C(=c3ccc(=c4ccc(=c5c(=O)c(=Cc6[o+]c7ccccc7n6CCCC)c5=O)s4)s3)C2=O)Oc2ccccc21. The number of carbonyl (C=O) groups excluding carboxylic acids is 1. The minimum atomic E-state index is -0.298. The van der Waals surface area contributed by atoms with E-state index in [0.717, 1.165) is 64.8 Å². The first-order valence-corrected chi connectivity index (χ1v) is 18.4. The number of hydrogen-bond donors (Lipinski definition) is 1. The van der Waals surface area contributed by atoms with Gasteiger partial charge in [0.25, 0.3) is 0 Å². The summed E-state index contributed by atoms with van der Waals surface area (Å²) < 4.78 is 17.1. The lowest BCUT2D eigenvalue weighted by molar-refractivity contribution is -0.111. The van der Waals surface area contributed by atoms with Gasteiger partial charge in [0.15, 0.2) is 11.3 Å². The van der Waals surface area contributed by atoms with E-state index in [0.29, 0.717) is 26.4 Å². The summed E-state index contributed by atoms with van der Waals surface area (Å²) in [6.07, 6.45) is 7.10. The fourth-order valence-electron chi connectivity index (χ4n) is 6.42. The van der Waals surface area contributed by atoms with Gasteiger partial charge in [0.05, 0.1) is 33.3 Å². The highest BCUT2D eigenvalue weighted by molar-refractivity contribution is 7.11. The fourth-order valence-corrected chi connectivity index (χ4v) is 8.61. The summed E-state index contributed by atoms with van der Waals surface area (Å²) in [4.78, 5) is 42.0. The maximum absolute atomic E-state index is 13.3. The zero-order valence-corrected chi connectivity index (χ0v) is 29.2. The van der Waals surface area contributed by atoms with Crippen LogP contribution in [0.4, 0.5) is 5.69 Å². The Morgan fingerprint density at radius 3 is 2.20 bits per heavy atom. The normalized spacial score (nSPS) is 16.8. The number of oxazole rings is 1. The average molecular weight is 702 g/mol. The lowest BCUT2D eigenvalue weighted by atomic mass is 9.88. The van der Waals surface area contributed by atoms with E-state index >= 15 is 0 Å². The van der Waals surface area contributed by atoms with E-state index in [1.807, 2.05) is 76.2 Å². The number of rotatable bonds is 8. The quantitative estimate of drug-likeness (QED) is 0.180. The van der Waals surface area contributed by atoms with Crippen LogP contribution in [0.25, 0.3) is 22.7 Å². The summed E-state index contributed by atoms with van der Waals surface area (Å²) in [5.41, 5.74) is 2.48. The van der Waals surface area contributed by atoms with E-state index in [1.54, 1.807) is 18.2 Å². The van der Waals surface area contributed by atoms with Crippen LogP contribution in [0.2, 0.25) is 0 Å². The number of fused-ring (bicyclic) bond motifs is 2. The molecular weight excluding hydrogens is 669 g/mol. The Kier molecular flexibility index (Phi) is 8.20. The van der Waals surface area contributed by atoms with E-state index in [9.17, 15) is 19.5 Å². The number of carbonyl (C=O) groups is 1. The number of anilines is 1. The van der Waals surface area contributed by atoms with Crippen molar-refractivity contribution in [2.45, 2.75) is 46.1 Å². The van der Waals surface area contributed by atoms with Crippen molar-refractivity contribution >= 4 is 56.9 Å². The zero-order valence-electron chi connectivity index (χ0n) is 27.5. The second-order valence-corrected chi connectivity index (χ2v) is 14.5. The van der Waals surface area contributed by atoms with Gasteiger partial charge in [-0.15, -0.1) is 22.7 Å².